The van der Waals surface area contributed by atoms with Crippen LogP contribution in [0.1, 0.15) is 35.0 Å². The lowest BCUT2D eigenvalue weighted by Gasteiger charge is -2.14. The highest BCUT2D eigenvalue weighted by atomic mass is 19.1. The Kier molecular flexibility index (Phi) is 6.27. The smallest absolute Gasteiger partial charge is 0.197 e. The maximum atomic E-state index is 14.6. The Balaban J connectivity index is 1.49. The van der Waals surface area contributed by atoms with Gasteiger partial charge < -0.3 is 18.3 Å². The van der Waals surface area contributed by atoms with Gasteiger partial charge in [0.15, 0.2) is 40.1 Å². The van der Waals surface area contributed by atoms with Crippen LogP contribution in [-0.4, -0.2) is 31.0 Å². The first-order valence-electron chi connectivity index (χ1n) is 10.3. The van der Waals surface area contributed by atoms with Crippen LogP contribution in [0.4, 0.5) is 4.39 Å². The first-order chi connectivity index (χ1) is 16.2. The fourth-order valence-corrected chi connectivity index (χ4v) is 3.35. The molecule has 4 aromatic rings. The number of ketones is 2. The third-order valence-electron chi connectivity index (χ3n) is 4.97. The molecule has 34 heavy (non-hydrogen) atoms. The highest BCUT2D eigenvalue weighted by molar-refractivity contribution is 5.94. The van der Waals surface area contributed by atoms with E-state index >= 15 is 0 Å². The van der Waals surface area contributed by atoms with Crippen molar-refractivity contribution in [3.05, 3.63) is 80.5 Å². The Morgan fingerprint density at radius 3 is 1.59 bits per heavy atom. The average molecular weight is 466 g/mol. The van der Waals surface area contributed by atoms with Crippen molar-refractivity contribution in [2.24, 2.45) is 0 Å². The molecule has 0 fully saturated rings. The molecular formula is C25H19FO8. The van der Waals surface area contributed by atoms with Crippen LogP contribution in [0.15, 0.2) is 67.0 Å². The highest BCUT2D eigenvalue weighted by Gasteiger charge is 2.17. The van der Waals surface area contributed by atoms with Gasteiger partial charge in [0.05, 0.1) is 0 Å². The molecule has 2 aromatic carbocycles. The number of fused-ring (bicyclic) bond motifs is 2. The minimum absolute atomic E-state index is 0.0820. The number of halogens is 1. The molecule has 0 radical (unpaired) electrons. The van der Waals surface area contributed by atoms with Crippen LogP contribution in [0.25, 0.3) is 21.9 Å². The summed E-state index contributed by atoms with van der Waals surface area (Å²) in [7, 11) is 0. The molecule has 0 N–H and O–H groups in total. The molecule has 174 valence electrons. The van der Waals surface area contributed by atoms with E-state index in [4.69, 9.17) is 18.3 Å². The first kappa shape index (κ1) is 22.9. The molecule has 9 heteroatoms. The summed E-state index contributed by atoms with van der Waals surface area (Å²) >= 11 is 0. The van der Waals surface area contributed by atoms with E-state index in [9.17, 15) is 23.6 Å². The molecule has 4 rings (SSSR count). The molecule has 0 aliphatic rings. The lowest BCUT2D eigenvalue weighted by molar-refractivity contribution is 0.0980. The number of Topliss-reactive ketones (excluding diaryl/α,β-unsaturated/α-hetero) is 2. The van der Waals surface area contributed by atoms with Gasteiger partial charge in [-0.15, -0.1) is 0 Å². The lowest BCUT2D eigenvalue weighted by atomic mass is 10.2. The molecule has 0 amide bonds. The van der Waals surface area contributed by atoms with E-state index in [1.165, 1.54) is 38.1 Å². The highest BCUT2D eigenvalue weighted by Crippen LogP contribution is 2.25. The van der Waals surface area contributed by atoms with Gasteiger partial charge in [0.2, 0.25) is 0 Å². The second-order valence-electron chi connectivity index (χ2n) is 7.54. The van der Waals surface area contributed by atoms with E-state index in [1.807, 2.05) is 0 Å². The normalized spacial score (nSPS) is 11.2. The first-order valence-corrected chi connectivity index (χ1v) is 10.3. The second kappa shape index (κ2) is 9.30. The summed E-state index contributed by atoms with van der Waals surface area (Å²) in [6.07, 6.45) is -1.61. The summed E-state index contributed by atoms with van der Waals surface area (Å²) in [5, 5.41) is 0.183. The van der Waals surface area contributed by atoms with E-state index in [0.29, 0.717) is 0 Å². The molecule has 0 unspecified atom stereocenters. The van der Waals surface area contributed by atoms with Gasteiger partial charge in [-0.05, 0) is 24.3 Å². The lowest BCUT2D eigenvalue weighted by Crippen LogP contribution is -2.22. The summed E-state index contributed by atoms with van der Waals surface area (Å²) in [6, 6.07) is 11.2. The number of carbonyl (C=O) groups excluding carboxylic acids is 2. The van der Waals surface area contributed by atoms with E-state index in [2.05, 4.69) is 0 Å². The molecule has 2 heterocycles. The number of rotatable bonds is 8. The minimum atomic E-state index is -1.61. The monoisotopic (exact) mass is 466 g/mol. The van der Waals surface area contributed by atoms with Crippen molar-refractivity contribution in [1.29, 1.82) is 0 Å². The second-order valence-corrected chi connectivity index (χ2v) is 7.54. The standard InChI is InChI=1S/C25H19FO8/c1-13(27)22-9-16(29)24-18(5-3-7-20(24)33-22)31-11-15(26)12-32-19-6-4-8-21-25(19)17(30)10-23(34-21)14(2)28/h3-10,15H,11-12H2,1-2H3. The summed E-state index contributed by atoms with van der Waals surface area (Å²) in [4.78, 5) is 47.9. The maximum absolute atomic E-state index is 14.6. The molecular weight excluding hydrogens is 447 g/mol. The van der Waals surface area contributed by atoms with Crippen molar-refractivity contribution in [2.75, 3.05) is 13.2 Å². The van der Waals surface area contributed by atoms with Gasteiger partial charge >= 0.3 is 0 Å². The van der Waals surface area contributed by atoms with E-state index in [-0.39, 0.29) is 45.0 Å². The molecule has 0 aliphatic carbocycles. The van der Waals surface area contributed by atoms with Crippen molar-refractivity contribution >= 4 is 33.5 Å². The largest absolute Gasteiger partial charge is 0.489 e. The minimum Gasteiger partial charge on any atom is -0.489 e. The quantitative estimate of drug-likeness (QED) is 0.357. The maximum Gasteiger partial charge on any atom is 0.197 e. The topological polar surface area (TPSA) is 113 Å². The van der Waals surface area contributed by atoms with Crippen LogP contribution in [0.5, 0.6) is 11.5 Å². The molecule has 0 bridgehead atoms. The van der Waals surface area contributed by atoms with Gasteiger partial charge in [-0.1, -0.05) is 12.1 Å². The Morgan fingerprint density at radius 2 is 1.21 bits per heavy atom. The summed E-state index contributed by atoms with van der Waals surface area (Å²) in [5.74, 6) is -0.751. The Bertz CT molecular complexity index is 1420. The van der Waals surface area contributed by atoms with Gasteiger partial charge in [0, 0.05) is 26.0 Å². The zero-order chi connectivity index (χ0) is 24.4. The number of hydrogen-bond donors (Lipinski definition) is 0. The molecule has 0 saturated heterocycles. The number of alkyl halides is 1. The van der Waals surface area contributed by atoms with Crippen LogP contribution in [0.3, 0.4) is 0 Å². The fourth-order valence-electron chi connectivity index (χ4n) is 3.35. The molecule has 0 aliphatic heterocycles. The van der Waals surface area contributed by atoms with Gasteiger partial charge in [-0.3, -0.25) is 19.2 Å². The number of hydrogen-bond acceptors (Lipinski definition) is 8. The van der Waals surface area contributed by atoms with Crippen molar-refractivity contribution < 1.29 is 32.3 Å². The number of benzene rings is 2. The Labute approximate surface area is 191 Å². The van der Waals surface area contributed by atoms with Crippen LogP contribution < -0.4 is 20.3 Å². The van der Waals surface area contributed by atoms with E-state index < -0.39 is 41.8 Å². The van der Waals surface area contributed by atoms with Crippen molar-refractivity contribution in [1.82, 2.24) is 0 Å². The van der Waals surface area contributed by atoms with Crippen LogP contribution >= 0.6 is 0 Å². The van der Waals surface area contributed by atoms with Crippen LogP contribution in [0.2, 0.25) is 0 Å². The third-order valence-corrected chi connectivity index (χ3v) is 4.97. The third kappa shape index (κ3) is 4.59. The SMILES string of the molecule is CC(=O)c1cc(=O)c2c(OCC(F)COc3cccc4oc(C(C)=O)cc(=O)c34)cccc2o1. The van der Waals surface area contributed by atoms with Crippen molar-refractivity contribution in [2.45, 2.75) is 20.0 Å². The van der Waals surface area contributed by atoms with Gasteiger partial charge in [0.1, 0.15) is 46.7 Å². The number of ether oxygens (including phenoxy) is 2. The van der Waals surface area contributed by atoms with Crippen LogP contribution in [0, 0.1) is 0 Å². The van der Waals surface area contributed by atoms with Gasteiger partial charge in [-0.2, -0.15) is 0 Å². The van der Waals surface area contributed by atoms with E-state index in [1.54, 1.807) is 12.1 Å². The Hall–Kier alpha value is -4.27. The van der Waals surface area contributed by atoms with Gasteiger partial charge in [-0.25, -0.2) is 4.39 Å². The fraction of sp³-hybridized carbons (Fsp3) is 0.200. The van der Waals surface area contributed by atoms with Gasteiger partial charge in [0.25, 0.3) is 0 Å². The summed E-state index contributed by atoms with van der Waals surface area (Å²) in [6.45, 7) is 1.67. The zero-order valence-electron chi connectivity index (χ0n) is 18.3. The van der Waals surface area contributed by atoms with Crippen molar-refractivity contribution in [3.63, 3.8) is 0 Å². The number of carbonyl (C=O) groups is 2. The molecule has 0 atom stereocenters. The predicted molar refractivity (Wildman–Crippen MR) is 121 cm³/mol. The predicted octanol–water partition coefficient (Wildman–Crippen LogP) is 4.10. The van der Waals surface area contributed by atoms with Crippen molar-refractivity contribution in [3.8, 4) is 11.5 Å². The molecule has 0 spiro atoms. The average Bonchev–Trinajstić information content (AvgIpc) is 2.80. The molecule has 8 nitrogen and oxygen atoms in total. The van der Waals surface area contributed by atoms with E-state index in [0.717, 1.165) is 12.1 Å². The summed E-state index contributed by atoms with van der Waals surface area (Å²) in [5.41, 5.74) is -0.675. The summed E-state index contributed by atoms with van der Waals surface area (Å²) < 4.78 is 36.4. The molecule has 0 saturated carbocycles. The zero-order valence-corrected chi connectivity index (χ0v) is 18.3. The molecule has 2 aromatic heterocycles. The Morgan fingerprint density at radius 1 is 0.794 bits per heavy atom. The van der Waals surface area contributed by atoms with Crippen LogP contribution in [-0.2, 0) is 0 Å².